The zero-order valence-electron chi connectivity index (χ0n) is 14.1. The van der Waals surface area contributed by atoms with Crippen molar-refractivity contribution in [3.63, 3.8) is 0 Å². The van der Waals surface area contributed by atoms with Gasteiger partial charge >= 0.3 is 0 Å². The van der Waals surface area contributed by atoms with Gasteiger partial charge in [0.05, 0.1) is 26.8 Å². The lowest BCUT2D eigenvalue weighted by Crippen LogP contribution is -2.23. The summed E-state index contributed by atoms with van der Waals surface area (Å²) in [7, 11) is 0. The Kier molecular flexibility index (Phi) is 4.81. The van der Waals surface area contributed by atoms with Crippen LogP contribution in [0.5, 0.6) is 0 Å². The fourth-order valence-electron chi connectivity index (χ4n) is 3.08. The number of primary amides is 1. The summed E-state index contributed by atoms with van der Waals surface area (Å²) >= 11 is 13.4. The summed E-state index contributed by atoms with van der Waals surface area (Å²) in [6.07, 6.45) is 0.975. The fraction of sp³-hybridized carbons (Fsp3) is 0.235. The highest BCUT2D eigenvalue weighted by molar-refractivity contribution is 7.21. The van der Waals surface area contributed by atoms with Gasteiger partial charge in [-0.05, 0) is 25.1 Å². The SMILES string of the molecule is NC(=O)c1sc2nc(NC3CCNC3)nc(-c3ccc(Cl)c(Cl)c3)c2c1N. The Bertz CT molecular complexity index is 1050. The van der Waals surface area contributed by atoms with Gasteiger partial charge in [-0.2, -0.15) is 0 Å². The van der Waals surface area contributed by atoms with Crippen LogP contribution in [-0.4, -0.2) is 35.0 Å². The van der Waals surface area contributed by atoms with Gasteiger partial charge in [0.2, 0.25) is 5.95 Å². The average Bonchev–Trinajstić information content (AvgIpc) is 3.25. The minimum atomic E-state index is -0.593. The summed E-state index contributed by atoms with van der Waals surface area (Å²) in [5.74, 6) is -0.125. The Labute approximate surface area is 169 Å². The molecular weight excluding hydrogens is 407 g/mol. The molecule has 27 heavy (non-hydrogen) atoms. The van der Waals surface area contributed by atoms with Crippen molar-refractivity contribution in [1.29, 1.82) is 0 Å². The van der Waals surface area contributed by atoms with E-state index in [1.165, 1.54) is 0 Å². The monoisotopic (exact) mass is 422 g/mol. The lowest BCUT2D eigenvalue weighted by molar-refractivity contribution is 0.100. The van der Waals surface area contributed by atoms with E-state index in [1.807, 2.05) is 0 Å². The Morgan fingerprint density at radius 2 is 2.11 bits per heavy atom. The Morgan fingerprint density at radius 3 is 2.78 bits per heavy atom. The number of benzene rings is 1. The summed E-state index contributed by atoms with van der Waals surface area (Å²) in [6.45, 7) is 1.78. The van der Waals surface area contributed by atoms with E-state index in [0.29, 0.717) is 31.9 Å². The van der Waals surface area contributed by atoms with Gasteiger partial charge in [-0.15, -0.1) is 11.3 Å². The molecule has 1 fully saturated rings. The van der Waals surface area contributed by atoms with Crippen LogP contribution in [0.15, 0.2) is 18.2 Å². The van der Waals surface area contributed by atoms with Gasteiger partial charge in [0, 0.05) is 18.2 Å². The normalized spacial score (nSPS) is 16.7. The number of hydrogen-bond acceptors (Lipinski definition) is 7. The number of nitrogens with one attached hydrogen (secondary N) is 2. The summed E-state index contributed by atoms with van der Waals surface area (Å²) in [6, 6.07) is 5.45. The number of anilines is 2. The van der Waals surface area contributed by atoms with E-state index in [9.17, 15) is 4.79 Å². The number of hydrogen-bond donors (Lipinski definition) is 4. The number of nitrogens with zero attached hydrogens (tertiary/aromatic N) is 2. The maximum Gasteiger partial charge on any atom is 0.260 e. The van der Waals surface area contributed by atoms with Gasteiger partial charge in [-0.1, -0.05) is 29.3 Å². The van der Waals surface area contributed by atoms with Crippen LogP contribution >= 0.6 is 34.5 Å². The quantitative estimate of drug-likeness (QED) is 0.512. The Hall–Kier alpha value is -2.13. The zero-order valence-corrected chi connectivity index (χ0v) is 16.4. The van der Waals surface area contributed by atoms with E-state index in [1.54, 1.807) is 18.2 Å². The van der Waals surface area contributed by atoms with Crippen molar-refractivity contribution in [2.75, 3.05) is 24.1 Å². The van der Waals surface area contributed by atoms with Crippen molar-refractivity contribution < 1.29 is 4.79 Å². The molecule has 1 aliphatic heterocycles. The molecule has 3 aromatic rings. The molecule has 140 valence electrons. The van der Waals surface area contributed by atoms with Gasteiger partial charge in [0.1, 0.15) is 9.71 Å². The molecule has 0 saturated carbocycles. The molecule has 0 aliphatic carbocycles. The van der Waals surface area contributed by atoms with E-state index in [0.717, 1.165) is 36.4 Å². The number of amides is 1. The predicted octanol–water partition coefficient (Wildman–Crippen LogP) is 3.12. The Morgan fingerprint density at radius 1 is 1.30 bits per heavy atom. The van der Waals surface area contributed by atoms with Crippen LogP contribution in [0, 0.1) is 0 Å². The second kappa shape index (κ2) is 7.12. The number of halogens is 2. The van der Waals surface area contributed by atoms with E-state index in [-0.39, 0.29) is 16.6 Å². The van der Waals surface area contributed by atoms with Crippen LogP contribution in [0.4, 0.5) is 11.6 Å². The maximum absolute atomic E-state index is 11.7. The van der Waals surface area contributed by atoms with Crippen molar-refractivity contribution in [2.24, 2.45) is 5.73 Å². The van der Waals surface area contributed by atoms with Gasteiger partial charge in [-0.3, -0.25) is 4.79 Å². The summed E-state index contributed by atoms with van der Waals surface area (Å²) in [4.78, 5) is 21.8. The number of nitrogen functional groups attached to an aromatic ring is 1. The first-order valence-electron chi connectivity index (χ1n) is 8.26. The highest BCUT2D eigenvalue weighted by atomic mass is 35.5. The lowest BCUT2D eigenvalue weighted by atomic mass is 10.1. The Balaban J connectivity index is 1.91. The van der Waals surface area contributed by atoms with E-state index < -0.39 is 5.91 Å². The molecule has 1 atom stereocenters. The molecule has 10 heteroatoms. The summed E-state index contributed by atoms with van der Waals surface area (Å²) in [5.41, 5.74) is 13.2. The number of fused-ring (bicyclic) bond motifs is 1. The van der Waals surface area contributed by atoms with Crippen molar-refractivity contribution >= 4 is 62.3 Å². The summed E-state index contributed by atoms with van der Waals surface area (Å²) < 4.78 is 0. The molecule has 0 bridgehead atoms. The maximum atomic E-state index is 11.7. The largest absolute Gasteiger partial charge is 0.397 e. The molecule has 1 aromatic carbocycles. The molecule has 2 aromatic heterocycles. The topological polar surface area (TPSA) is 119 Å². The molecule has 6 N–H and O–H groups in total. The number of thiophene rings is 1. The molecular formula is C17H16Cl2N6OS. The second-order valence-electron chi connectivity index (χ2n) is 6.25. The molecule has 4 rings (SSSR count). The third-order valence-electron chi connectivity index (χ3n) is 4.40. The number of aromatic nitrogens is 2. The first-order valence-corrected chi connectivity index (χ1v) is 9.83. The molecule has 1 amide bonds. The highest BCUT2D eigenvalue weighted by Gasteiger charge is 2.22. The van der Waals surface area contributed by atoms with Crippen molar-refractivity contribution in [3.05, 3.63) is 33.1 Å². The van der Waals surface area contributed by atoms with Crippen LogP contribution in [0.3, 0.4) is 0 Å². The lowest BCUT2D eigenvalue weighted by Gasteiger charge is -2.13. The molecule has 0 spiro atoms. The van der Waals surface area contributed by atoms with Gasteiger partial charge in [0.15, 0.2) is 0 Å². The zero-order chi connectivity index (χ0) is 19.1. The first-order chi connectivity index (χ1) is 12.9. The molecule has 1 unspecified atom stereocenters. The van der Waals surface area contributed by atoms with Crippen LogP contribution in [0.1, 0.15) is 16.1 Å². The minimum absolute atomic E-state index is 0.233. The first kappa shape index (κ1) is 18.2. The molecule has 1 saturated heterocycles. The van der Waals surface area contributed by atoms with E-state index in [4.69, 9.17) is 34.7 Å². The molecule has 7 nitrogen and oxygen atoms in total. The number of carbonyl (C=O) groups excluding carboxylic acids is 1. The van der Waals surface area contributed by atoms with E-state index >= 15 is 0 Å². The third-order valence-corrected chi connectivity index (χ3v) is 6.25. The van der Waals surface area contributed by atoms with Crippen molar-refractivity contribution in [2.45, 2.75) is 12.5 Å². The van der Waals surface area contributed by atoms with Crippen LogP contribution < -0.4 is 22.1 Å². The average molecular weight is 423 g/mol. The predicted molar refractivity (Wildman–Crippen MR) is 111 cm³/mol. The van der Waals surface area contributed by atoms with Crippen LogP contribution in [0.2, 0.25) is 10.0 Å². The number of nitrogens with two attached hydrogens (primary N) is 2. The summed E-state index contributed by atoms with van der Waals surface area (Å²) in [5, 5.41) is 8.05. The van der Waals surface area contributed by atoms with E-state index in [2.05, 4.69) is 20.6 Å². The smallest absolute Gasteiger partial charge is 0.260 e. The number of rotatable bonds is 4. The van der Waals surface area contributed by atoms with Gasteiger partial charge in [0.25, 0.3) is 5.91 Å². The molecule has 3 heterocycles. The molecule has 0 radical (unpaired) electrons. The fourth-order valence-corrected chi connectivity index (χ4v) is 4.33. The number of carbonyl (C=O) groups is 1. The van der Waals surface area contributed by atoms with Gasteiger partial charge < -0.3 is 22.1 Å². The van der Waals surface area contributed by atoms with Crippen LogP contribution in [-0.2, 0) is 0 Å². The van der Waals surface area contributed by atoms with Crippen molar-refractivity contribution in [1.82, 2.24) is 15.3 Å². The minimum Gasteiger partial charge on any atom is -0.397 e. The molecule has 1 aliphatic rings. The standard InChI is InChI=1S/C17H16Cl2N6OS/c18-9-2-1-7(5-10(9)19)13-11-12(20)14(15(21)26)27-16(11)25-17(24-13)23-8-3-4-22-6-8/h1-2,5,8,22H,3-4,6,20H2,(H2,21,26)(H,23,24,25). The van der Waals surface area contributed by atoms with Crippen LogP contribution in [0.25, 0.3) is 21.5 Å². The third kappa shape index (κ3) is 3.41. The second-order valence-corrected chi connectivity index (χ2v) is 8.06. The van der Waals surface area contributed by atoms with Gasteiger partial charge in [-0.25, -0.2) is 9.97 Å². The highest BCUT2D eigenvalue weighted by Crippen LogP contribution is 2.40. The van der Waals surface area contributed by atoms with Crippen molar-refractivity contribution in [3.8, 4) is 11.3 Å².